The first-order valence-corrected chi connectivity index (χ1v) is 10.4. The summed E-state index contributed by atoms with van der Waals surface area (Å²) in [6, 6.07) is 12.5. The Balaban J connectivity index is 1.94. The van der Waals surface area contributed by atoms with Crippen LogP contribution in [0.5, 0.6) is 11.5 Å². The third-order valence-corrected chi connectivity index (χ3v) is 5.62. The van der Waals surface area contributed by atoms with Gasteiger partial charge in [-0.05, 0) is 42.8 Å². The Kier molecular flexibility index (Phi) is 5.75. The first-order chi connectivity index (χ1) is 15.3. The number of ketones is 1. The second kappa shape index (κ2) is 8.51. The van der Waals surface area contributed by atoms with Gasteiger partial charge in [-0.25, -0.2) is 0 Å². The summed E-state index contributed by atoms with van der Waals surface area (Å²) in [5, 5.41) is 15.1. The zero-order chi connectivity index (χ0) is 23.0. The number of benzene rings is 2. The Labute approximate surface area is 192 Å². The lowest BCUT2D eigenvalue weighted by Gasteiger charge is -2.23. The lowest BCUT2D eigenvalue weighted by atomic mass is 9.95. The molecule has 2 heterocycles. The molecular formula is C23H19BrN2O6. The molecule has 0 radical (unpaired) electrons. The summed E-state index contributed by atoms with van der Waals surface area (Å²) in [5.41, 5.74) is 0.846. The van der Waals surface area contributed by atoms with Gasteiger partial charge in [0.05, 0.1) is 25.8 Å². The maximum Gasteiger partial charge on any atom is 0.301 e. The second-order valence-corrected chi connectivity index (χ2v) is 8.01. The molecule has 0 bridgehead atoms. The number of rotatable bonds is 5. The number of ether oxygens (including phenoxy) is 2. The smallest absolute Gasteiger partial charge is 0.301 e. The van der Waals surface area contributed by atoms with Gasteiger partial charge >= 0.3 is 5.91 Å². The van der Waals surface area contributed by atoms with Crippen molar-refractivity contribution in [2.45, 2.75) is 13.0 Å². The maximum absolute atomic E-state index is 13.1. The summed E-state index contributed by atoms with van der Waals surface area (Å²) in [6.07, 6.45) is 0. The Morgan fingerprint density at radius 1 is 1.09 bits per heavy atom. The summed E-state index contributed by atoms with van der Waals surface area (Å²) in [6.45, 7) is 1.69. The molecule has 0 spiro atoms. The van der Waals surface area contributed by atoms with Crippen molar-refractivity contribution < 1.29 is 28.7 Å². The van der Waals surface area contributed by atoms with Gasteiger partial charge in [-0.15, -0.1) is 0 Å². The minimum atomic E-state index is -0.912. The number of methoxy groups -OCH3 is 2. The van der Waals surface area contributed by atoms with Gasteiger partial charge in [0.25, 0.3) is 5.78 Å². The standard InChI is InChI=1S/C23H19BrN2O6/c1-12-9-18(25-32-12)26-20(13-5-4-6-15(24)10-13)19(22(28)23(26)29)21(27)14-7-8-16(30-2)17(11-14)31-3/h4-11,20,27H,1-3H3/b21-19+/t20-/m1/s1. The van der Waals surface area contributed by atoms with Crippen LogP contribution in [0.15, 0.2) is 63.1 Å². The summed E-state index contributed by atoms with van der Waals surface area (Å²) in [7, 11) is 2.96. The lowest BCUT2D eigenvalue weighted by Crippen LogP contribution is -2.29. The highest BCUT2D eigenvalue weighted by atomic mass is 79.9. The van der Waals surface area contributed by atoms with Crippen molar-refractivity contribution in [2.75, 3.05) is 19.1 Å². The fourth-order valence-electron chi connectivity index (χ4n) is 3.67. The third kappa shape index (κ3) is 3.64. The predicted molar refractivity (Wildman–Crippen MR) is 120 cm³/mol. The van der Waals surface area contributed by atoms with Gasteiger partial charge in [-0.3, -0.25) is 14.5 Å². The number of hydrogen-bond acceptors (Lipinski definition) is 7. The number of aliphatic hydroxyl groups excluding tert-OH is 1. The largest absolute Gasteiger partial charge is 0.507 e. The zero-order valence-corrected chi connectivity index (χ0v) is 19.0. The van der Waals surface area contributed by atoms with Crippen molar-refractivity contribution >= 4 is 39.2 Å². The van der Waals surface area contributed by atoms with E-state index in [4.69, 9.17) is 14.0 Å². The summed E-state index contributed by atoms with van der Waals surface area (Å²) < 4.78 is 16.4. The van der Waals surface area contributed by atoms with Crippen LogP contribution < -0.4 is 14.4 Å². The number of carbonyl (C=O) groups excluding carboxylic acids is 2. The number of amides is 1. The van der Waals surface area contributed by atoms with E-state index in [1.165, 1.54) is 19.1 Å². The second-order valence-electron chi connectivity index (χ2n) is 7.09. The summed E-state index contributed by atoms with van der Waals surface area (Å²) in [5.74, 6) is -0.482. The molecule has 32 heavy (non-hydrogen) atoms. The lowest BCUT2D eigenvalue weighted by molar-refractivity contribution is -0.132. The number of hydrogen-bond donors (Lipinski definition) is 1. The molecule has 0 saturated carbocycles. The van der Waals surface area contributed by atoms with Crippen molar-refractivity contribution in [1.29, 1.82) is 0 Å². The van der Waals surface area contributed by atoms with Crippen LogP contribution in [0, 0.1) is 6.92 Å². The van der Waals surface area contributed by atoms with Crippen LogP contribution in [0.2, 0.25) is 0 Å². The normalized spacial score (nSPS) is 17.6. The quantitative estimate of drug-likeness (QED) is 0.316. The van der Waals surface area contributed by atoms with Crippen molar-refractivity contribution in [3.05, 3.63) is 75.5 Å². The molecule has 1 amide bonds. The van der Waals surface area contributed by atoms with E-state index in [1.54, 1.807) is 49.4 Å². The minimum Gasteiger partial charge on any atom is -0.507 e. The molecule has 164 valence electrons. The Hall–Kier alpha value is -3.59. The SMILES string of the molecule is COc1ccc(/C(O)=C2\C(=O)C(=O)N(c3cc(C)on3)[C@@H]2c2cccc(Br)c2)cc1OC. The average Bonchev–Trinajstić information content (AvgIpc) is 3.33. The first-order valence-electron chi connectivity index (χ1n) is 9.58. The van der Waals surface area contributed by atoms with Crippen molar-refractivity contribution in [1.82, 2.24) is 5.16 Å². The van der Waals surface area contributed by atoms with Gasteiger partial charge < -0.3 is 19.1 Å². The number of carbonyl (C=O) groups is 2. The number of aliphatic hydroxyl groups is 1. The molecule has 4 rings (SSSR count). The summed E-state index contributed by atoms with van der Waals surface area (Å²) >= 11 is 3.42. The third-order valence-electron chi connectivity index (χ3n) is 5.13. The van der Waals surface area contributed by atoms with Gasteiger partial charge in [0, 0.05) is 16.1 Å². The molecule has 1 N–H and O–H groups in total. The van der Waals surface area contributed by atoms with E-state index in [1.807, 2.05) is 6.07 Å². The summed E-state index contributed by atoms with van der Waals surface area (Å²) in [4.78, 5) is 27.4. The van der Waals surface area contributed by atoms with Crippen molar-refractivity contribution in [3.8, 4) is 11.5 Å². The first kappa shape index (κ1) is 21.6. The van der Waals surface area contributed by atoms with E-state index in [0.29, 0.717) is 28.4 Å². The van der Waals surface area contributed by atoms with Gasteiger partial charge in [-0.1, -0.05) is 33.2 Å². The molecule has 1 aliphatic rings. The van der Waals surface area contributed by atoms with Crippen LogP contribution >= 0.6 is 15.9 Å². The molecule has 0 aliphatic carbocycles. The van der Waals surface area contributed by atoms with E-state index in [0.717, 1.165) is 4.47 Å². The number of aromatic nitrogens is 1. The van der Waals surface area contributed by atoms with Crippen LogP contribution in [-0.2, 0) is 9.59 Å². The van der Waals surface area contributed by atoms with Gasteiger partial charge in [-0.2, -0.15) is 0 Å². The monoisotopic (exact) mass is 498 g/mol. The Morgan fingerprint density at radius 2 is 1.84 bits per heavy atom. The number of aryl methyl sites for hydroxylation is 1. The predicted octanol–water partition coefficient (Wildman–Crippen LogP) is 4.39. The molecule has 0 unspecified atom stereocenters. The molecule has 3 aromatic rings. The van der Waals surface area contributed by atoms with Crippen LogP contribution in [-0.4, -0.2) is 36.2 Å². The molecular weight excluding hydrogens is 480 g/mol. The molecule has 8 nitrogen and oxygen atoms in total. The molecule has 1 aromatic heterocycles. The van der Waals surface area contributed by atoms with Crippen molar-refractivity contribution in [2.24, 2.45) is 0 Å². The molecule has 1 atom stereocenters. The van der Waals surface area contributed by atoms with E-state index in [-0.39, 0.29) is 17.2 Å². The van der Waals surface area contributed by atoms with Crippen LogP contribution in [0.25, 0.3) is 5.76 Å². The van der Waals surface area contributed by atoms with Gasteiger partial charge in [0.15, 0.2) is 17.3 Å². The number of halogens is 1. The topological polar surface area (TPSA) is 102 Å². The molecule has 2 aromatic carbocycles. The number of nitrogens with zero attached hydrogens (tertiary/aromatic N) is 2. The Bertz CT molecular complexity index is 1250. The van der Waals surface area contributed by atoms with Crippen LogP contribution in [0.3, 0.4) is 0 Å². The maximum atomic E-state index is 13.1. The highest BCUT2D eigenvalue weighted by Gasteiger charge is 2.48. The van der Waals surface area contributed by atoms with E-state index < -0.39 is 17.7 Å². The van der Waals surface area contributed by atoms with E-state index in [2.05, 4.69) is 21.1 Å². The highest BCUT2D eigenvalue weighted by molar-refractivity contribution is 9.10. The number of Topliss-reactive ketones (excluding diaryl/α,β-unsaturated/α-hetero) is 1. The molecule has 1 aliphatic heterocycles. The van der Waals surface area contributed by atoms with Gasteiger partial charge in [0.2, 0.25) is 0 Å². The molecule has 9 heteroatoms. The van der Waals surface area contributed by atoms with E-state index in [9.17, 15) is 14.7 Å². The van der Waals surface area contributed by atoms with E-state index >= 15 is 0 Å². The van der Waals surface area contributed by atoms with Crippen LogP contribution in [0.1, 0.15) is 22.9 Å². The zero-order valence-electron chi connectivity index (χ0n) is 17.5. The number of anilines is 1. The van der Waals surface area contributed by atoms with Crippen molar-refractivity contribution in [3.63, 3.8) is 0 Å². The average molecular weight is 499 g/mol. The highest BCUT2D eigenvalue weighted by Crippen LogP contribution is 2.43. The Morgan fingerprint density at radius 3 is 2.47 bits per heavy atom. The molecule has 1 saturated heterocycles. The minimum absolute atomic E-state index is 0.0685. The van der Waals surface area contributed by atoms with Gasteiger partial charge in [0.1, 0.15) is 11.5 Å². The fraction of sp³-hybridized carbons (Fsp3) is 0.174. The molecule has 1 fully saturated rings. The van der Waals surface area contributed by atoms with Crippen LogP contribution in [0.4, 0.5) is 5.82 Å². The fourth-order valence-corrected chi connectivity index (χ4v) is 4.08.